The summed E-state index contributed by atoms with van der Waals surface area (Å²) >= 11 is 0. The molecule has 0 saturated heterocycles. The second-order valence-electron chi connectivity index (χ2n) is 7.95. The highest BCUT2D eigenvalue weighted by atomic mass is 16.5. The number of carbonyl (C=O) groups is 1. The molecule has 2 aromatic carbocycles. The summed E-state index contributed by atoms with van der Waals surface area (Å²) in [6.45, 7) is 6.68. The highest BCUT2D eigenvalue weighted by Crippen LogP contribution is 2.38. The van der Waals surface area contributed by atoms with E-state index in [-0.39, 0.29) is 6.03 Å². The van der Waals surface area contributed by atoms with Crippen LogP contribution in [0.4, 0.5) is 4.79 Å². The molecule has 0 aliphatic carbocycles. The van der Waals surface area contributed by atoms with E-state index in [1.54, 1.807) is 12.0 Å². The predicted octanol–water partition coefficient (Wildman–Crippen LogP) is 4.90. The second-order valence-corrected chi connectivity index (χ2v) is 7.95. The number of benzene rings is 2. The molecule has 0 fully saturated rings. The molecule has 31 heavy (non-hydrogen) atoms. The average molecular weight is 418 g/mol. The number of nitrogens with one attached hydrogen (secondary N) is 1. The van der Waals surface area contributed by atoms with Crippen LogP contribution in [0.25, 0.3) is 17.0 Å². The van der Waals surface area contributed by atoms with Gasteiger partial charge in [0.05, 0.1) is 18.7 Å². The van der Waals surface area contributed by atoms with Gasteiger partial charge in [-0.1, -0.05) is 61.5 Å². The number of ether oxygens (including phenoxy) is 1. The Bertz CT molecular complexity index is 1090. The molecule has 0 spiro atoms. The molecule has 1 N–H and O–H groups in total. The molecule has 160 valence electrons. The molecule has 3 aromatic rings. The van der Waals surface area contributed by atoms with Gasteiger partial charge in [-0.2, -0.15) is 4.98 Å². The topological polar surface area (TPSA) is 80.5 Å². The molecule has 0 bridgehead atoms. The van der Waals surface area contributed by atoms with Gasteiger partial charge in [0.2, 0.25) is 5.82 Å². The SMILES string of the molecule is COc1ccc(C2NC(=O)N(CC(C)C)C(C)=C2c2nc(-c3ccccc3)no2)cc1. The van der Waals surface area contributed by atoms with Crippen molar-refractivity contribution in [2.75, 3.05) is 13.7 Å². The maximum atomic E-state index is 12.9. The number of allylic oxidation sites excluding steroid dienone is 1. The van der Waals surface area contributed by atoms with E-state index in [9.17, 15) is 4.79 Å². The molecule has 1 aliphatic heterocycles. The van der Waals surface area contributed by atoms with Gasteiger partial charge >= 0.3 is 6.03 Å². The van der Waals surface area contributed by atoms with Gasteiger partial charge in [-0.3, -0.25) is 4.90 Å². The number of aromatic nitrogens is 2. The minimum absolute atomic E-state index is 0.140. The Labute approximate surface area is 181 Å². The number of hydrogen-bond donors (Lipinski definition) is 1. The minimum Gasteiger partial charge on any atom is -0.497 e. The molecule has 0 radical (unpaired) electrons. The van der Waals surface area contributed by atoms with E-state index in [1.165, 1.54) is 0 Å². The lowest BCUT2D eigenvalue weighted by Crippen LogP contribution is -2.47. The lowest BCUT2D eigenvalue weighted by atomic mass is 9.94. The van der Waals surface area contributed by atoms with Crippen LogP contribution in [0.5, 0.6) is 5.75 Å². The van der Waals surface area contributed by atoms with E-state index in [0.717, 1.165) is 28.1 Å². The van der Waals surface area contributed by atoms with E-state index in [4.69, 9.17) is 9.26 Å². The van der Waals surface area contributed by atoms with Gasteiger partial charge in [-0.05, 0) is 30.5 Å². The predicted molar refractivity (Wildman–Crippen MR) is 118 cm³/mol. The second kappa shape index (κ2) is 8.63. The van der Waals surface area contributed by atoms with Gasteiger partial charge in [-0.25, -0.2) is 4.79 Å². The van der Waals surface area contributed by atoms with Crippen LogP contribution in [0.15, 0.2) is 64.8 Å². The van der Waals surface area contributed by atoms with Gasteiger partial charge in [0.1, 0.15) is 5.75 Å². The van der Waals surface area contributed by atoms with Gasteiger partial charge in [0, 0.05) is 17.8 Å². The van der Waals surface area contributed by atoms with Crippen molar-refractivity contribution in [3.05, 3.63) is 71.7 Å². The number of nitrogens with zero attached hydrogens (tertiary/aromatic N) is 3. The van der Waals surface area contributed by atoms with Crippen molar-refractivity contribution in [1.29, 1.82) is 0 Å². The van der Waals surface area contributed by atoms with Crippen LogP contribution in [0.3, 0.4) is 0 Å². The third kappa shape index (κ3) is 4.17. The molecule has 1 aliphatic rings. The maximum Gasteiger partial charge on any atom is 0.322 e. The average Bonchev–Trinajstić information content (AvgIpc) is 3.26. The zero-order valence-corrected chi connectivity index (χ0v) is 18.1. The summed E-state index contributed by atoms with van der Waals surface area (Å²) in [7, 11) is 1.63. The van der Waals surface area contributed by atoms with Crippen LogP contribution < -0.4 is 10.1 Å². The van der Waals surface area contributed by atoms with Crippen molar-refractivity contribution < 1.29 is 14.1 Å². The van der Waals surface area contributed by atoms with Crippen molar-refractivity contribution in [3.8, 4) is 17.1 Å². The standard InChI is InChI=1S/C24H26N4O3/c1-15(2)14-28-16(3)20(23-26-22(27-31-23)18-8-6-5-7-9-18)21(25-24(28)29)17-10-12-19(30-4)13-11-17/h5-13,15,21H,14H2,1-4H3,(H,25,29). The molecule has 2 heterocycles. The molecule has 2 amide bonds. The highest BCUT2D eigenvalue weighted by molar-refractivity contribution is 5.86. The summed E-state index contributed by atoms with van der Waals surface area (Å²) < 4.78 is 11.0. The summed E-state index contributed by atoms with van der Waals surface area (Å²) in [5, 5.41) is 7.30. The first-order chi connectivity index (χ1) is 15.0. The first-order valence-electron chi connectivity index (χ1n) is 10.3. The molecule has 1 atom stereocenters. The monoisotopic (exact) mass is 418 g/mol. The number of methoxy groups -OCH3 is 1. The summed E-state index contributed by atoms with van der Waals surface area (Å²) in [5.74, 6) is 1.96. The van der Waals surface area contributed by atoms with Crippen molar-refractivity contribution in [2.45, 2.75) is 26.8 Å². The fraction of sp³-hybridized carbons (Fsp3) is 0.292. The third-order valence-corrected chi connectivity index (χ3v) is 5.28. The van der Waals surface area contributed by atoms with Gasteiger partial charge < -0.3 is 14.6 Å². The molecule has 7 nitrogen and oxygen atoms in total. The fourth-order valence-electron chi connectivity index (χ4n) is 3.73. The first-order valence-corrected chi connectivity index (χ1v) is 10.3. The van der Waals surface area contributed by atoms with Gasteiger partial charge in [0.25, 0.3) is 5.89 Å². The van der Waals surface area contributed by atoms with Crippen LogP contribution in [0, 0.1) is 5.92 Å². The Morgan fingerprint density at radius 1 is 1.13 bits per heavy atom. The summed E-state index contributed by atoms with van der Waals surface area (Å²) in [6.07, 6.45) is 0. The quantitative estimate of drug-likeness (QED) is 0.616. The number of rotatable bonds is 6. The lowest BCUT2D eigenvalue weighted by molar-refractivity contribution is 0.199. The van der Waals surface area contributed by atoms with Crippen molar-refractivity contribution in [3.63, 3.8) is 0 Å². The summed E-state index contributed by atoms with van der Waals surface area (Å²) in [6, 6.07) is 16.7. The normalized spacial score (nSPS) is 16.6. The highest BCUT2D eigenvalue weighted by Gasteiger charge is 2.35. The van der Waals surface area contributed by atoms with Crippen LogP contribution in [0.1, 0.15) is 38.3 Å². The fourth-order valence-corrected chi connectivity index (χ4v) is 3.73. The third-order valence-electron chi connectivity index (χ3n) is 5.28. The number of carbonyl (C=O) groups excluding carboxylic acids is 1. The molecule has 0 saturated carbocycles. The molecule has 7 heteroatoms. The van der Waals surface area contributed by atoms with E-state index in [1.807, 2.05) is 61.5 Å². The van der Waals surface area contributed by atoms with Gasteiger partial charge in [0.15, 0.2) is 0 Å². The van der Waals surface area contributed by atoms with Crippen molar-refractivity contribution >= 4 is 11.6 Å². The summed E-state index contributed by atoms with van der Waals surface area (Å²) in [4.78, 5) is 19.3. The van der Waals surface area contributed by atoms with Crippen molar-refractivity contribution in [1.82, 2.24) is 20.4 Å². The molecule has 4 rings (SSSR count). The zero-order valence-electron chi connectivity index (χ0n) is 18.1. The van der Waals surface area contributed by atoms with E-state index in [0.29, 0.717) is 24.2 Å². The smallest absolute Gasteiger partial charge is 0.322 e. The molecular weight excluding hydrogens is 392 g/mol. The van der Waals surface area contributed by atoms with Crippen molar-refractivity contribution in [2.24, 2.45) is 5.92 Å². The first kappa shape index (κ1) is 20.7. The van der Waals surface area contributed by atoms with E-state index < -0.39 is 6.04 Å². The Balaban J connectivity index is 1.80. The summed E-state index contributed by atoms with van der Waals surface area (Å²) in [5.41, 5.74) is 3.38. The Kier molecular flexibility index (Phi) is 5.75. The number of hydrogen-bond acceptors (Lipinski definition) is 5. The molecular formula is C24H26N4O3. The van der Waals surface area contributed by atoms with Crippen LogP contribution >= 0.6 is 0 Å². The van der Waals surface area contributed by atoms with E-state index >= 15 is 0 Å². The van der Waals surface area contributed by atoms with Crippen LogP contribution in [-0.4, -0.2) is 34.7 Å². The largest absolute Gasteiger partial charge is 0.497 e. The van der Waals surface area contributed by atoms with E-state index in [2.05, 4.69) is 29.3 Å². The molecule has 1 aromatic heterocycles. The minimum atomic E-state index is -0.411. The Morgan fingerprint density at radius 2 is 1.84 bits per heavy atom. The lowest BCUT2D eigenvalue weighted by Gasteiger charge is -2.36. The zero-order chi connectivity index (χ0) is 22.0. The van der Waals surface area contributed by atoms with Gasteiger partial charge in [-0.15, -0.1) is 0 Å². The molecule has 1 unspecified atom stereocenters. The maximum absolute atomic E-state index is 12.9. The number of amides is 2. The number of urea groups is 1. The Hall–Kier alpha value is -3.61. The van der Waals surface area contributed by atoms with Crippen LogP contribution in [0.2, 0.25) is 0 Å². The Morgan fingerprint density at radius 3 is 2.48 bits per heavy atom. The van der Waals surface area contributed by atoms with Crippen LogP contribution in [-0.2, 0) is 0 Å².